The van der Waals surface area contributed by atoms with Gasteiger partial charge in [-0.2, -0.15) is 10.5 Å². The first-order valence-electron chi connectivity index (χ1n) is 12.1. The standard InChI is InChI=1S/C34H21N3/c35-22-26-19-27(23-36)21-29(20-26)28-15-11-24(12-16-28)9-10-25-13-17-30(18-14-25)37-33-7-3-1-5-31(33)32-6-2-4-8-34(32)37/h1-21H. The van der Waals surface area contributed by atoms with Gasteiger partial charge in [-0.1, -0.05) is 84.9 Å². The topological polar surface area (TPSA) is 52.5 Å². The fourth-order valence-electron chi connectivity index (χ4n) is 4.84. The molecule has 0 atom stereocenters. The fourth-order valence-corrected chi connectivity index (χ4v) is 4.84. The van der Waals surface area contributed by atoms with Crippen LogP contribution in [0.2, 0.25) is 0 Å². The first-order valence-corrected chi connectivity index (χ1v) is 12.1. The molecule has 0 saturated carbocycles. The summed E-state index contributed by atoms with van der Waals surface area (Å²) in [5, 5.41) is 21.0. The fraction of sp³-hybridized carbons (Fsp3) is 0. The Kier molecular flexibility index (Phi) is 5.58. The third-order valence-corrected chi connectivity index (χ3v) is 6.63. The Balaban J connectivity index is 1.26. The molecule has 0 N–H and O–H groups in total. The molecule has 3 heteroatoms. The molecule has 0 aliphatic carbocycles. The van der Waals surface area contributed by atoms with Crippen molar-refractivity contribution < 1.29 is 0 Å². The molecule has 0 fully saturated rings. The van der Waals surface area contributed by atoms with E-state index in [1.54, 1.807) is 6.07 Å². The summed E-state index contributed by atoms with van der Waals surface area (Å²) < 4.78 is 2.32. The third-order valence-electron chi connectivity index (χ3n) is 6.63. The Labute approximate surface area is 215 Å². The van der Waals surface area contributed by atoms with Crippen LogP contribution in [0.3, 0.4) is 0 Å². The molecule has 0 aliphatic rings. The lowest BCUT2D eigenvalue weighted by molar-refractivity contribution is 1.18. The van der Waals surface area contributed by atoms with Crippen LogP contribution < -0.4 is 0 Å². The van der Waals surface area contributed by atoms with Crippen LogP contribution in [0, 0.1) is 22.7 Å². The van der Waals surface area contributed by atoms with Crippen molar-refractivity contribution in [1.82, 2.24) is 4.57 Å². The van der Waals surface area contributed by atoms with E-state index in [-0.39, 0.29) is 0 Å². The van der Waals surface area contributed by atoms with Gasteiger partial charge in [0.1, 0.15) is 0 Å². The molecule has 0 bridgehead atoms. The molecule has 3 nitrogen and oxygen atoms in total. The highest BCUT2D eigenvalue weighted by molar-refractivity contribution is 6.09. The minimum absolute atomic E-state index is 0.488. The van der Waals surface area contributed by atoms with E-state index >= 15 is 0 Å². The second kappa shape index (κ2) is 9.34. The summed E-state index contributed by atoms with van der Waals surface area (Å²) in [5.41, 5.74) is 8.55. The second-order valence-corrected chi connectivity index (χ2v) is 8.94. The molecule has 0 amide bonds. The van der Waals surface area contributed by atoms with Gasteiger partial charge in [0, 0.05) is 16.5 Å². The molecule has 0 spiro atoms. The van der Waals surface area contributed by atoms with Gasteiger partial charge in [0.05, 0.1) is 34.3 Å². The van der Waals surface area contributed by atoms with Crippen LogP contribution in [-0.2, 0) is 0 Å². The maximum Gasteiger partial charge on any atom is 0.0992 e. The Morgan fingerprint density at radius 1 is 0.514 bits per heavy atom. The van der Waals surface area contributed by atoms with Crippen LogP contribution in [0.25, 0.3) is 50.8 Å². The summed E-state index contributed by atoms with van der Waals surface area (Å²) in [6.07, 6.45) is 4.19. The van der Waals surface area contributed by atoms with Gasteiger partial charge in [-0.05, 0) is 64.7 Å². The van der Waals surface area contributed by atoms with Gasteiger partial charge >= 0.3 is 0 Å². The van der Waals surface area contributed by atoms with Crippen molar-refractivity contribution >= 4 is 34.0 Å². The molecule has 6 rings (SSSR count). The lowest BCUT2D eigenvalue weighted by atomic mass is 9.99. The number of hydrogen-bond donors (Lipinski definition) is 0. The third kappa shape index (κ3) is 4.16. The van der Waals surface area contributed by atoms with Crippen molar-refractivity contribution in [3.63, 3.8) is 0 Å². The molecule has 1 aromatic heterocycles. The summed E-state index contributed by atoms with van der Waals surface area (Å²) in [6, 6.07) is 43.3. The van der Waals surface area contributed by atoms with Gasteiger partial charge in [-0.3, -0.25) is 0 Å². The van der Waals surface area contributed by atoms with Crippen LogP contribution in [0.1, 0.15) is 22.3 Å². The normalized spacial score (nSPS) is 11.1. The summed E-state index contributed by atoms with van der Waals surface area (Å²) >= 11 is 0. The van der Waals surface area contributed by atoms with E-state index < -0.39 is 0 Å². The maximum atomic E-state index is 9.25. The van der Waals surface area contributed by atoms with E-state index in [2.05, 4.69) is 102 Å². The zero-order chi connectivity index (χ0) is 25.2. The van der Waals surface area contributed by atoms with Crippen molar-refractivity contribution in [2.24, 2.45) is 0 Å². The van der Waals surface area contributed by atoms with Gasteiger partial charge in [0.15, 0.2) is 0 Å². The lowest BCUT2D eigenvalue weighted by Gasteiger charge is -2.08. The van der Waals surface area contributed by atoms with Gasteiger partial charge in [0.2, 0.25) is 0 Å². The van der Waals surface area contributed by atoms with Gasteiger partial charge < -0.3 is 4.57 Å². The summed E-state index contributed by atoms with van der Waals surface area (Å²) in [6.45, 7) is 0. The predicted molar refractivity (Wildman–Crippen MR) is 151 cm³/mol. The average Bonchev–Trinajstić information content (AvgIpc) is 3.31. The molecule has 5 aromatic carbocycles. The van der Waals surface area contributed by atoms with Crippen LogP contribution in [0.4, 0.5) is 0 Å². The van der Waals surface area contributed by atoms with Crippen LogP contribution in [0.15, 0.2) is 115 Å². The molecule has 0 aliphatic heterocycles. The zero-order valence-corrected chi connectivity index (χ0v) is 20.0. The van der Waals surface area contributed by atoms with Crippen LogP contribution >= 0.6 is 0 Å². The molecular formula is C34H21N3. The number of para-hydroxylation sites is 2. The number of rotatable bonds is 4. The number of nitrogens with zero attached hydrogens (tertiary/aromatic N) is 3. The van der Waals surface area contributed by atoms with E-state index in [4.69, 9.17) is 0 Å². The Morgan fingerprint density at radius 3 is 1.51 bits per heavy atom. The minimum Gasteiger partial charge on any atom is -0.309 e. The van der Waals surface area contributed by atoms with Crippen molar-refractivity contribution in [3.05, 3.63) is 138 Å². The number of nitriles is 2. The van der Waals surface area contributed by atoms with Crippen molar-refractivity contribution in [2.75, 3.05) is 0 Å². The Morgan fingerprint density at radius 2 is 1.00 bits per heavy atom. The molecule has 0 unspecified atom stereocenters. The van der Waals surface area contributed by atoms with Gasteiger partial charge in [-0.25, -0.2) is 0 Å². The minimum atomic E-state index is 0.488. The zero-order valence-electron chi connectivity index (χ0n) is 20.0. The van der Waals surface area contributed by atoms with E-state index in [0.29, 0.717) is 11.1 Å². The molecule has 172 valence electrons. The summed E-state index contributed by atoms with van der Waals surface area (Å²) in [7, 11) is 0. The smallest absolute Gasteiger partial charge is 0.0992 e. The molecule has 6 aromatic rings. The maximum absolute atomic E-state index is 9.25. The van der Waals surface area contributed by atoms with Crippen LogP contribution in [0.5, 0.6) is 0 Å². The highest BCUT2D eigenvalue weighted by Gasteiger charge is 2.11. The average molecular weight is 472 g/mol. The van der Waals surface area contributed by atoms with Crippen molar-refractivity contribution in [3.8, 4) is 29.0 Å². The quantitative estimate of drug-likeness (QED) is 0.243. The number of benzene rings is 5. The van der Waals surface area contributed by atoms with Crippen molar-refractivity contribution in [1.29, 1.82) is 10.5 Å². The molecular weight excluding hydrogens is 450 g/mol. The number of hydrogen-bond acceptors (Lipinski definition) is 2. The Bertz CT molecular complexity index is 1790. The van der Waals surface area contributed by atoms with Crippen molar-refractivity contribution in [2.45, 2.75) is 0 Å². The number of fused-ring (bicyclic) bond motifs is 3. The van der Waals surface area contributed by atoms with Gasteiger partial charge in [-0.15, -0.1) is 0 Å². The van der Waals surface area contributed by atoms with E-state index in [1.165, 1.54) is 21.8 Å². The second-order valence-electron chi connectivity index (χ2n) is 8.94. The lowest BCUT2D eigenvalue weighted by Crippen LogP contribution is -1.93. The van der Waals surface area contributed by atoms with Crippen LogP contribution in [-0.4, -0.2) is 4.57 Å². The highest BCUT2D eigenvalue weighted by atomic mass is 15.0. The molecule has 0 radical (unpaired) electrons. The van der Waals surface area contributed by atoms with Gasteiger partial charge in [0.25, 0.3) is 0 Å². The first kappa shape index (κ1) is 22.1. The van der Waals surface area contributed by atoms with E-state index in [1.807, 2.05) is 36.4 Å². The van der Waals surface area contributed by atoms with E-state index in [9.17, 15) is 10.5 Å². The molecule has 0 saturated heterocycles. The largest absolute Gasteiger partial charge is 0.309 e. The Hall–Kier alpha value is -5.38. The SMILES string of the molecule is N#Cc1cc(C#N)cc(-c2ccc(C=Cc3ccc(-n4c5ccccc5c5ccccc54)cc3)cc2)c1. The summed E-state index contributed by atoms with van der Waals surface area (Å²) in [4.78, 5) is 0. The molecule has 37 heavy (non-hydrogen) atoms. The number of aromatic nitrogens is 1. The highest BCUT2D eigenvalue weighted by Crippen LogP contribution is 2.32. The monoisotopic (exact) mass is 471 g/mol. The predicted octanol–water partition coefficient (Wildman–Crippen LogP) is 8.36. The molecule has 1 heterocycles. The van der Waals surface area contributed by atoms with E-state index in [0.717, 1.165) is 27.9 Å². The first-order chi connectivity index (χ1) is 18.2. The summed E-state index contributed by atoms with van der Waals surface area (Å²) in [5.74, 6) is 0.